The fourth-order valence-electron chi connectivity index (χ4n) is 2.42. The van der Waals surface area contributed by atoms with Crippen LogP contribution in [-0.4, -0.2) is 18.2 Å². The monoisotopic (exact) mass is 280 g/mol. The molecule has 1 unspecified atom stereocenters. The van der Waals surface area contributed by atoms with Crippen LogP contribution in [0.1, 0.15) is 22.0 Å². The van der Waals surface area contributed by atoms with Crippen molar-refractivity contribution < 1.29 is 14.4 Å². The summed E-state index contributed by atoms with van der Waals surface area (Å²) >= 11 is 0. The summed E-state index contributed by atoms with van der Waals surface area (Å²) < 4.78 is 0. The summed E-state index contributed by atoms with van der Waals surface area (Å²) in [5, 5.41) is 2.31. The number of hydrogen-bond donors (Lipinski definition) is 1. The Hall–Kier alpha value is -2.95. The van der Waals surface area contributed by atoms with Crippen LogP contribution in [0.3, 0.4) is 0 Å². The number of amides is 3. The third-order valence-electron chi connectivity index (χ3n) is 3.36. The Morgan fingerprint density at radius 3 is 2.48 bits per heavy atom. The Balaban J connectivity index is 2.07. The number of carbonyl (C=O) groups excluding carboxylic acids is 3. The van der Waals surface area contributed by atoms with Gasteiger partial charge < -0.3 is 0 Å². The van der Waals surface area contributed by atoms with Crippen LogP contribution in [-0.2, 0) is 4.79 Å². The molecular formula is C16H12N2O3. The van der Waals surface area contributed by atoms with Crippen molar-refractivity contribution in [2.75, 3.05) is 4.90 Å². The SMILES string of the molecule is O=Cc1cccc(N2C(=O)NC(=O)C2c2ccccc2)c1. The molecule has 2 aromatic carbocycles. The molecule has 3 rings (SSSR count). The maximum absolute atomic E-state index is 12.1. The van der Waals surface area contributed by atoms with Gasteiger partial charge in [0, 0.05) is 11.3 Å². The van der Waals surface area contributed by atoms with Crippen molar-refractivity contribution >= 4 is 23.9 Å². The minimum Gasteiger partial charge on any atom is -0.298 e. The molecule has 0 spiro atoms. The molecule has 1 heterocycles. The normalized spacial score (nSPS) is 17.7. The Kier molecular flexibility index (Phi) is 3.23. The maximum atomic E-state index is 12.1. The van der Waals surface area contributed by atoms with Crippen molar-refractivity contribution in [3.63, 3.8) is 0 Å². The third-order valence-corrected chi connectivity index (χ3v) is 3.36. The first-order valence-corrected chi connectivity index (χ1v) is 6.45. The number of anilines is 1. The van der Waals surface area contributed by atoms with Crippen molar-refractivity contribution in [1.29, 1.82) is 0 Å². The molecule has 0 aliphatic carbocycles. The summed E-state index contributed by atoms with van der Waals surface area (Å²) in [6, 6.07) is 14.4. The summed E-state index contributed by atoms with van der Waals surface area (Å²) in [6.07, 6.45) is 0.705. The van der Waals surface area contributed by atoms with Crippen molar-refractivity contribution in [2.24, 2.45) is 0 Å². The van der Waals surface area contributed by atoms with E-state index in [0.29, 0.717) is 17.5 Å². The second-order valence-corrected chi connectivity index (χ2v) is 4.69. The summed E-state index contributed by atoms with van der Waals surface area (Å²) in [6.45, 7) is 0. The molecular weight excluding hydrogens is 268 g/mol. The predicted molar refractivity (Wildman–Crippen MR) is 77.0 cm³/mol. The molecule has 1 fully saturated rings. The number of benzene rings is 2. The molecule has 1 saturated heterocycles. The number of nitrogens with one attached hydrogen (secondary N) is 1. The standard InChI is InChI=1S/C16H12N2O3/c19-10-11-5-4-8-13(9-11)18-14(15(20)17-16(18)21)12-6-2-1-3-7-12/h1-10,14H,(H,17,20,21). The van der Waals surface area contributed by atoms with Gasteiger partial charge in [0.1, 0.15) is 12.3 Å². The van der Waals surface area contributed by atoms with E-state index in [0.717, 1.165) is 5.56 Å². The number of rotatable bonds is 3. The Morgan fingerprint density at radius 1 is 1.00 bits per heavy atom. The quantitative estimate of drug-likeness (QED) is 0.693. The van der Waals surface area contributed by atoms with E-state index in [2.05, 4.69) is 5.32 Å². The topological polar surface area (TPSA) is 66.5 Å². The average Bonchev–Trinajstić information content (AvgIpc) is 2.82. The van der Waals surface area contributed by atoms with E-state index in [1.807, 2.05) is 18.2 Å². The van der Waals surface area contributed by atoms with Crippen LogP contribution in [0.15, 0.2) is 54.6 Å². The summed E-state index contributed by atoms with van der Waals surface area (Å²) in [5.74, 6) is -0.372. The molecule has 21 heavy (non-hydrogen) atoms. The van der Waals surface area contributed by atoms with Gasteiger partial charge in [-0.1, -0.05) is 42.5 Å². The van der Waals surface area contributed by atoms with E-state index in [9.17, 15) is 14.4 Å². The molecule has 1 aliphatic heterocycles. The smallest absolute Gasteiger partial charge is 0.298 e. The molecule has 1 N–H and O–H groups in total. The minimum atomic E-state index is -0.722. The number of nitrogens with zero attached hydrogens (tertiary/aromatic N) is 1. The molecule has 5 nitrogen and oxygen atoms in total. The van der Waals surface area contributed by atoms with Gasteiger partial charge in [-0.05, 0) is 17.7 Å². The molecule has 0 radical (unpaired) electrons. The predicted octanol–water partition coefficient (Wildman–Crippen LogP) is 2.30. The highest BCUT2D eigenvalue weighted by Gasteiger charge is 2.40. The molecule has 1 atom stereocenters. The van der Waals surface area contributed by atoms with E-state index < -0.39 is 12.1 Å². The first-order chi connectivity index (χ1) is 10.2. The zero-order valence-corrected chi connectivity index (χ0v) is 11.0. The Bertz CT molecular complexity index is 712. The van der Waals surface area contributed by atoms with Crippen molar-refractivity contribution in [1.82, 2.24) is 5.32 Å². The number of hydrogen-bond acceptors (Lipinski definition) is 3. The first-order valence-electron chi connectivity index (χ1n) is 6.45. The molecule has 3 amide bonds. The average molecular weight is 280 g/mol. The van der Waals surface area contributed by atoms with Crippen LogP contribution in [0.5, 0.6) is 0 Å². The highest BCUT2D eigenvalue weighted by Crippen LogP contribution is 2.31. The Labute approximate surface area is 121 Å². The largest absolute Gasteiger partial charge is 0.329 e. The molecule has 0 saturated carbocycles. The van der Waals surface area contributed by atoms with Gasteiger partial charge in [-0.3, -0.25) is 19.8 Å². The van der Waals surface area contributed by atoms with Crippen LogP contribution in [0.25, 0.3) is 0 Å². The van der Waals surface area contributed by atoms with E-state index >= 15 is 0 Å². The van der Waals surface area contributed by atoms with Gasteiger partial charge in [-0.2, -0.15) is 0 Å². The van der Waals surface area contributed by atoms with Crippen LogP contribution in [0, 0.1) is 0 Å². The van der Waals surface area contributed by atoms with E-state index in [1.165, 1.54) is 4.90 Å². The summed E-state index contributed by atoms with van der Waals surface area (Å²) in [7, 11) is 0. The lowest BCUT2D eigenvalue weighted by Gasteiger charge is -2.22. The molecule has 0 bridgehead atoms. The van der Waals surface area contributed by atoms with Crippen LogP contribution in [0.4, 0.5) is 10.5 Å². The summed E-state index contributed by atoms with van der Waals surface area (Å²) in [4.78, 5) is 36.4. The molecule has 2 aromatic rings. The second kappa shape index (κ2) is 5.20. The lowest BCUT2D eigenvalue weighted by atomic mass is 10.1. The maximum Gasteiger partial charge on any atom is 0.329 e. The number of carbonyl (C=O) groups is 3. The highest BCUT2D eigenvalue weighted by molar-refractivity contribution is 6.14. The van der Waals surface area contributed by atoms with E-state index in [4.69, 9.17) is 0 Å². The number of urea groups is 1. The minimum absolute atomic E-state index is 0.372. The summed E-state index contributed by atoms with van der Waals surface area (Å²) in [5.41, 5.74) is 1.68. The van der Waals surface area contributed by atoms with Gasteiger partial charge >= 0.3 is 6.03 Å². The van der Waals surface area contributed by atoms with Gasteiger partial charge in [0.15, 0.2) is 0 Å². The van der Waals surface area contributed by atoms with Crippen molar-refractivity contribution in [3.05, 3.63) is 65.7 Å². The fraction of sp³-hybridized carbons (Fsp3) is 0.0625. The lowest BCUT2D eigenvalue weighted by Crippen LogP contribution is -2.29. The molecule has 104 valence electrons. The van der Waals surface area contributed by atoms with Gasteiger partial charge in [0.2, 0.25) is 0 Å². The van der Waals surface area contributed by atoms with Crippen LogP contribution < -0.4 is 10.2 Å². The van der Waals surface area contributed by atoms with Crippen molar-refractivity contribution in [2.45, 2.75) is 6.04 Å². The second-order valence-electron chi connectivity index (χ2n) is 4.69. The van der Waals surface area contributed by atoms with Gasteiger partial charge in [-0.15, -0.1) is 0 Å². The number of imide groups is 1. The zero-order valence-electron chi connectivity index (χ0n) is 11.0. The fourth-order valence-corrected chi connectivity index (χ4v) is 2.42. The Morgan fingerprint density at radius 2 is 1.76 bits per heavy atom. The van der Waals surface area contributed by atoms with Gasteiger partial charge in [0.25, 0.3) is 5.91 Å². The van der Waals surface area contributed by atoms with Crippen LogP contribution in [0.2, 0.25) is 0 Å². The van der Waals surface area contributed by atoms with E-state index in [1.54, 1.807) is 36.4 Å². The first kappa shape index (κ1) is 13.1. The van der Waals surface area contributed by atoms with Crippen LogP contribution >= 0.6 is 0 Å². The molecule has 5 heteroatoms. The third kappa shape index (κ3) is 2.29. The van der Waals surface area contributed by atoms with Gasteiger partial charge in [-0.25, -0.2) is 4.79 Å². The number of aldehydes is 1. The van der Waals surface area contributed by atoms with Gasteiger partial charge in [0.05, 0.1) is 0 Å². The highest BCUT2D eigenvalue weighted by atomic mass is 16.2. The molecule has 0 aromatic heterocycles. The van der Waals surface area contributed by atoms with Crippen molar-refractivity contribution in [3.8, 4) is 0 Å². The lowest BCUT2D eigenvalue weighted by molar-refractivity contribution is -0.119. The molecule has 1 aliphatic rings. The van der Waals surface area contributed by atoms with E-state index in [-0.39, 0.29) is 5.91 Å². The zero-order chi connectivity index (χ0) is 14.8.